The van der Waals surface area contributed by atoms with E-state index in [1.54, 1.807) is 23.6 Å². The highest BCUT2D eigenvalue weighted by Gasteiger charge is 2.16. The number of nitrogens with one attached hydrogen (secondary N) is 1. The molecule has 1 unspecified atom stereocenters. The molecule has 4 nitrogen and oxygen atoms in total. The topological polar surface area (TPSA) is 55.2 Å². The van der Waals surface area contributed by atoms with Crippen LogP contribution in [0.5, 0.6) is 0 Å². The number of hydrogen-bond donors (Lipinski definition) is 1. The summed E-state index contributed by atoms with van der Waals surface area (Å²) in [6, 6.07) is 8.08. The van der Waals surface area contributed by atoms with Crippen LogP contribution in [0.3, 0.4) is 0 Å². The van der Waals surface area contributed by atoms with E-state index in [4.69, 9.17) is 0 Å². The van der Waals surface area contributed by atoms with Gasteiger partial charge in [0.05, 0.1) is 4.92 Å². The van der Waals surface area contributed by atoms with Crippen LogP contribution in [0, 0.1) is 21.8 Å². The molecule has 6 heteroatoms. The van der Waals surface area contributed by atoms with Crippen LogP contribution < -0.4 is 5.32 Å². The largest absolute Gasteiger partial charge is 0.324 e. The van der Waals surface area contributed by atoms with Gasteiger partial charge in [0.25, 0.3) is 0 Å². The minimum atomic E-state index is -0.381. The standard InChI is InChI=1S/C15H17FN2O2S/c1-10(2)15(12-3-5-13(16)6-4-12)17-8-11-7-14(18(19)20)21-9-11/h3-7,9-10,15,17H,8H2,1-2H3. The van der Waals surface area contributed by atoms with E-state index in [9.17, 15) is 14.5 Å². The number of thiophene rings is 1. The molecule has 1 aromatic carbocycles. The minimum absolute atomic E-state index is 0.0737. The van der Waals surface area contributed by atoms with Crippen LogP contribution in [0.4, 0.5) is 9.39 Å². The Hall–Kier alpha value is -1.79. The number of rotatable bonds is 6. The molecule has 112 valence electrons. The molecule has 1 N–H and O–H groups in total. The van der Waals surface area contributed by atoms with Crippen LogP contribution in [-0.4, -0.2) is 4.92 Å². The molecule has 21 heavy (non-hydrogen) atoms. The monoisotopic (exact) mass is 308 g/mol. The fourth-order valence-electron chi connectivity index (χ4n) is 2.19. The number of nitrogens with zero attached hydrogens (tertiary/aromatic N) is 1. The quantitative estimate of drug-likeness (QED) is 0.640. The van der Waals surface area contributed by atoms with E-state index in [1.807, 2.05) is 0 Å². The highest BCUT2D eigenvalue weighted by Crippen LogP contribution is 2.25. The molecule has 1 heterocycles. The Kier molecular flexibility index (Phi) is 5.03. The van der Waals surface area contributed by atoms with E-state index in [0.29, 0.717) is 12.5 Å². The summed E-state index contributed by atoms with van der Waals surface area (Å²) in [6.07, 6.45) is 0. The Balaban J connectivity index is 2.06. The summed E-state index contributed by atoms with van der Waals surface area (Å²) >= 11 is 1.13. The SMILES string of the molecule is CC(C)C(NCc1csc([N+](=O)[O-])c1)c1ccc(F)cc1. The minimum Gasteiger partial charge on any atom is -0.306 e. The molecule has 2 rings (SSSR count). The zero-order valence-corrected chi connectivity index (χ0v) is 12.7. The summed E-state index contributed by atoms with van der Waals surface area (Å²) in [6.45, 7) is 4.71. The molecule has 1 atom stereocenters. The van der Waals surface area contributed by atoms with Gasteiger partial charge in [-0.1, -0.05) is 37.3 Å². The summed E-state index contributed by atoms with van der Waals surface area (Å²) < 4.78 is 13.0. The van der Waals surface area contributed by atoms with E-state index >= 15 is 0 Å². The molecule has 0 aliphatic rings. The normalized spacial score (nSPS) is 12.6. The highest BCUT2D eigenvalue weighted by atomic mass is 32.1. The summed E-state index contributed by atoms with van der Waals surface area (Å²) in [5, 5.41) is 16.0. The van der Waals surface area contributed by atoms with Crippen LogP contribution in [0.15, 0.2) is 35.7 Å². The van der Waals surface area contributed by atoms with Crippen molar-refractivity contribution in [3.63, 3.8) is 0 Å². The smallest absolute Gasteiger partial charge is 0.306 e. The fraction of sp³-hybridized carbons (Fsp3) is 0.333. The van der Waals surface area contributed by atoms with Crippen molar-refractivity contribution >= 4 is 16.3 Å². The molecule has 0 fully saturated rings. The van der Waals surface area contributed by atoms with Crippen molar-refractivity contribution in [1.82, 2.24) is 5.32 Å². The highest BCUT2D eigenvalue weighted by molar-refractivity contribution is 7.13. The third-order valence-corrected chi connectivity index (χ3v) is 4.17. The Bertz CT molecular complexity index is 610. The van der Waals surface area contributed by atoms with Crippen LogP contribution >= 0.6 is 11.3 Å². The van der Waals surface area contributed by atoms with Gasteiger partial charge in [-0.3, -0.25) is 10.1 Å². The van der Waals surface area contributed by atoms with Gasteiger partial charge in [0.15, 0.2) is 0 Å². The van der Waals surface area contributed by atoms with Crippen molar-refractivity contribution in [2.45, 2.75) is 26.4 Å². The molecule has 0 saturated carbocycles. The molecule has 0 aliphatic carbocycles. The van der Waals surface area contributed by atoms with E-state index in [2.05, 4.69) is 19.2 Å². The Morgan fingerprint density at radius 1 is 1.33 bits per heavy atom. The van der Waals surface area contributed by atoms with Crippen LogP contribution in [-0.2, 0) is 6.54 Å². The molecular weight excluding hydrogens is 291 g/mol. The first-order valence-corrected chi connectivity index (χ1v) is 7.56. The Morgan fingerprint density at radius 3 is 2.52 bits per heavy atom. The van der Waals surface area contributed by atoms with E-state index < -0.39 is 0 Å². The van der Waals surface area contributed by atoms with Crippen molar-refractivity contribution in [2.24, 2.45) is 5.92 Å². The van der Waals surface area contributed by atoms with Gasteiger partial charge < -0.3 is 5.32 Å². The molecule has 0 saturated heterocycles. The lowest BCUT2D eigenvalue weighted by molar-refractivity contribution is -0.380. The average molecular weight is 308 g/mol. The third-order valence-electron chi connectivity index (χ3n) is 3.24. The molecule has 1 aromatic heterocycles. The lowest BCUT2D eigenvalue weighted by Crippen LogP contribution is -2.25. The van der Waals surface area contributed by atoms with Crippen LogP contribution in [0.1, 0.15) is 31.0 Å². The summed E-state index contributed by atoms with van der Waals surface area (Å²) in [5.41, 5.74) is 1.90. The van der Waals surface area contributed by atoms with Gasteiger partial charge in [-0.15, -0.1) is 0 Å². The molecule has 0 radical (unpaired) electrons. The zero-order chi connectivity index (χ0) is 15.4. The van der Waals surface area contributed by atoms with Crippen molar-refractivity contribution in [3.8, 4) is 0 Å². The Labute approximate surface area is 126 Å². The predicted octanol–water partition coefficient (Wildman–Crippen LogP) is 4.28. The Morgan fingerprint density at radius 2 is 2.00 bits per heavy atom. The van der Waals surface area contributed by atoms with Crippen molar-refractivity contribution < 1.29 is 9.31 Å². The summed E-state index contributed by atoms with van der Waals surface area (Å²) in [5.74, 6) is 0.0683. The lowest BCUT2D eigenvalue weighted by Gasteiger charge is -2.22. The first kappa shape index (κ1) is 15.6. The second kappa shape index (κ2) is 6.78. The van der Waals surface area contributed by atoms with Gasteiger partial charge >= 0.3 is 5.00 Å². The van der Waals surface area contributed by atoms with Gasteiger partial charge in [-0.05, 0) is 29.2 Å². The molecule has 0 bridgehead atoms. The maximum atomic E-state index is 13.0. The third kappa shape index (κ3) is 4.09. The van der Waals surface area contributed by atoms with E-state index in [0.717, 1.165) is 22.5 Å². The van der Waals surface area contributed by atoms with Gasteiger partial charge in [0, 0.05) is 24.0 Å². The van der Waals surface area contributed by atoms with Crippen LogP contribution in [0.2, 0.25) is 0 Å². The molecule has 0 spiro atoms. The second-order valence-corrected chi connectivity index (χ2v) is 6.09. The lowest BCUT2D eigenvalue weighted by atomic mass is 9.96. The maximum Gasteiger partial charge on any atom is 0.324 e. The molecule has 0 amide bonds. The van der Waals surface area contributed by atoms with Crippen molar-refractivity contribution in [2.75, 3.05) is 0 Å². The summed E-state index contributed by atoms with van der Waals surface area (Å²) in [7, 11) is 0. The van der Waals surface area contributed by atoms with Gasteiger partial charge in [-0.25, -0.2) is 4.39 Å². The van der Waals surface area contributed by atoms with E-state index in [1.165, 1.54) is 12.1 Å². The van der Waals surface area contributed by atoms with Crippen LogP contribution in [0.25, 0.3) is 0 Å². The van der Waals surface area contributed by atoms with Crippen molar-refractivity contribution in [1.29, 1.82) is 0 Å². The number of halogens is 1. The van der Waals surface area contributed by atoms with E-state index in [-0.39, 0.29) is 21.8 Å². The first-order valence-electron chi connectivity index (χ1n) is 6.68. The molecule has 2 aromatic rings. The first-order chi connectivity index (χ1) is 9.97. The fourth-order valence-corrected chi connectivity index (χ4v) is 2.92. The number of benzene rings is 1. The van der Waals surface area contributed by atoms with Gasteiger partial charge in [0.2, 0.25) is 0 Å². The maximum absolute atomic E-state index is 13.0. The molecular formula is C15H17FN2O2S. The second-order valence-electron chi connectivity index (χ2n) is 5.20. The average Bonchev–Trinajstić information content (AvgIpc) is 2.90. The number of nitro groups is 1. The predicted molar refractivity (Wildman–Crippen MR) is 81.8 cm³/mol. The summed E-state index contributed by atoms with van der Waals surface area (Å²) in [4.78, 5) is 10.3. The van der Waals surface area contributed by atoms with Gasteiger partial charge in [-0.2, -0.15) is 0 Å². The zero-order valence-electron chi connectivity index (χ0n) is 11.9. The molecule has 0 aliphatic heterocycles. The van der Waals surface area contributed by atoms with Gasteiger partial charge in [0.1, 0.15) is 5.82 Å². The van der Waals surface area contributed by atoms with Crippen molar-refractivity contribution in [3.05, 3.63) is 62.8 Å². The number of hydrogen-bond acceptors (Lipinski definition) is 4.